The lowest BCUT2D eigenvalue weighted by Crippen LogP contribution is -2.40. The van der Waals surface area contributed by atoms with Gasteiger partial charge in [0.15, 0.2) is 0 Å². The summed E-state index contributed by atoms with van der Waals surface area (Å²) in [5, 5.41) is 0. The molecule has 0 amide bonds. The van der Waals surface area contributed by atoms with Crippen LogP contribution in [-0.2, 0) is 50.1 Å². The number of alkyl halides is 6. The lowest BCUT2D eigenvalue weighted by molar-refractivity contribution is -0.143. The Morgan fingerprint density at radius 2 is 0.838 bits per heavy atom. The third kappa shape index (κ3) is 15.5. The number of methoxy groups -OCH3 is 2. The van der Waals surface area contributed by atoms with Crippen LogP contribution in [0, 0.1) is 0 Å². The lowest BCUT2D eigenvalue weighted by Gasteiger charge is -2.19. The Labute approximate surface area is 212 Å². The zero-order chi connectivity index (χ0) is 27.6. The number of halogens is 6. The van der Waals surface area contributed by atoms with Crippen LogP contribution in [0.15, 0.2) is 18.2 Å². The van der Waals surface area contributed by atoms with Crippen molar-refractivity contribution in [3.05, 3.63) is 29.3 Å². The van der Waals surface area contributed by atoms with Crippen molar-refractivity contribution in [1.82, 2.24) is 0 Å². The molecule has 0 N–H and O–H groups in total. The van der Waals surface area contributed by atoms with Gasteiger partial charge in [0.2, 0.25) is 0 Å². The molecule has 214 valence electrons. The van der Waals surface area contributed by atoms with E-state index in [1.54, 1.807) is 0 Å². The van der Waals surface area contributed by atoms with Crippen molar-refractivity contribution in [1.29, 1.82) is 0 Å². The van der Waals surface area contributed by atoms with Gasteiger partial charge in [-0.15, -0.1) is 0 Å². The van der Waals surface area contributed by atoms with E-state index in [0.717, 1.165) is 0 Å². The first kappa shape index (κ1) is 33.6. The fourth-order valence-electron chi connectivity index (χ4n) is 2.71. The lowest BCUT2D eigenvalue weighted by atomic mass is 9.77. The molecular formula is C22H33BF6O8. The molecule has 37 heavy (non-hydrogen) atoms. The minimum Gasteiger partial charge on any atom is -0.405 e. The maximum absolute atomic E-state index is 13.3. The van der Waals surface area contributed by atoms with Gasteiger partial charge in [0.1, 0.15) is 0 Å². The summed E-state index contributed by atoms with van der Waals surface area (Å²) in [6.07, 6.45) is -10.0. The van der Waals surface area contributed by atoms with Crippen molar-refractivity contribution in [2.75, 3.05) is 93.5 Å². The van der Waals surface area contributed by atoms with E-state index in [2.05, 4.69) is 0 Å². The van der Waals surface area contributed by atoms with Gasteiger partial charge in [0.25, 0.3) is 0 Å². The van der Waals surface area contributed by atoms with Crippen LogP contribution in [0.2, 0.25) is 0 Å². The first-order chi connectivity index (χ1) is 17.6. The van der Waals surface area contributed by atoms with Gasteiger partial charge in [-0.05, 0) is 11.5 Å². The molecule has 0 fully saturated rings. The van der Waals surface area contributed by atoms with Gasteiger partial charge in [-0.3, -0.25) is 0 Å². The molecule has 0 radical (unpaired) electrons. The maximum atomic E-state index is 13.3. The number of hydrogen-bond donors (Lipinski definition) is 0. The van der Waals surface area contributed by atoms with E-state index in [9.17, 15) is 26.3 Å². The van der Waals surface area contributed by atoms with Crippen molar-refractivity contribution in [3.63, 3.8) is 0 Å². The van der Waals surface area contributed by atoms with Crippen LogP contribution in [0.4, 0.5) is 26.3 Å². The predicted molar refractivity (Wildman–Crippen MR) is 121 cm³/mol. The van der Waals surface area contributed by atoms with Crippen molar-refractivity contribution in [2.45, 2.75) is 12.4 Å². The van der Waals surface area contributed by atoms with Gasteiger partial charge in [-0.2, -0.15) is 26.3 Å². The highest BCUT2D eigenvalue weighted by Gasteiger charge is 2.38. The van der Waals surface area contributed by atoms with Gasteiger partial charge in [-0.25, -0.2) is 0 Å². The molecule has 1 aromatic carbocycles. The summed E-state index contributed by atoms with van der Waals surface area (Å²) in [4.78, 5) is 0. The second-order valence-electron chi connectivity index (χ2n) is 7.35. The van der Waals surface area contributed by atoms with Gasteiger partial charge < -0.3 is 37.7 Å². The molecule has 0 bridgehead atoms. The van der Waals surface area contributed by atoms with Gasteiger partial charge in [-0.1, -0.05) is 12.1 Å². The van der Waals surface area contributed by atoms with Gasteiger partial charge in [0, 0.05) is 14.2 Å². The van der Waals surface area contributed by atoms with Crippen molar-refractivity contribution in [3.8, 4) is 0 Å². The second kappa shape index (κ2) is 18.7. The molecule has 0 unspecified atom stereocenters. The average Bonchev–Trinajstić information content (AvgIpc) is 2.84. The molecule has 1 rings (SSSR count). The summed E-state index contributed by atoms with van der Waals surface area (Å²) in [6, 6.07) is 1.17. The summed E-state index contributed by atoms with van der Waals surface area (Å²) in [6.45, 7) is 2.27. The van der Waals surface area contributed by atoms with Crippen LogP contribution in [0.5, 0.6) is 0 Å². The highest BCUT2D eigenvalue weighted by Crippen LogP contribution is 2.34. The standard InChI is InChI=1S/C22H33BF6O8/c1-30-3-5-32-7-9-34-11-13-36-23(37-14-12-35-10-8-33-6-4-31-2)20-16-18(21(24,25)26)15-19(17-20)22(27,28)29/h15-17H,3-14H2,1-2H3. The summed E-state index contributed by atoms with van der Waals surface area (Å²) in [7, 11) is 1.54. The Bertz CT molecular complexity index is 669. The molecule has 8 nitrogen and oxygen atoms in total. The Hall–Kier alpha value is -1.46. The molecule has 15 heteroatoms. The van der Waals surface area contributed by atoms with Crippen molar-refractivity contribution in [2.24, 2.45) is 0 Å². The minimum atomic E-state index is -5.00. The average molecular weight is 550 g/mol. The summed E-state index contributed by atoms with van der Waals surface area (Å²) < 4.78 is 121. The molecule has 0 aliphatic rings. The Balaban J connectivity index is 2.73. The van der Waals surface area contributed by atoms with Crippen LogP contribution in [-0.4, -0.2) is 101 Å². The van der Waals surface area contributed by atoms with Crippen molar-refractivity contribution < 1.29 is 64.1 Å². The smallest absolute Gasteiger partial charge is 0.405 e. The SMILES string of the molecule is COCCOCCOCCOB(OCCOCCOCCOC)c1cc(C(F)(F)F)cc(C(F)(F)F)c1. The molecule has 0 aliphatic carbocycles. The largest absolute Gasteiger partial charge is 0.494 e. The van der Waals surface area contributed by atoms with Gasteiger partial charge >= 0.3 is 19.5 Å². The molecule has 0 spiro atoms. The maximum Gasteiger partial charge on any atom is 0.494 e. The van der Waals surface area contributed by atoms with E-state index < -0.39 is 36.1 Å². The van der Waals surface area contributed by atoms with Crippen LogP contribution >= 0.6 is 0 Å². The molecule has 0 atom stereocenters. The van der Waals surface area contributed by atoms with Crippen LogP contribution in [0.1, 0.15) is 11.1 Å². The number of rotatable bonds is 21. The Kier molecular flexibility index (Phi) is 17.0. The first-order valence-electron chi connectivity index (χ1n) is 11.4. The van der Waals surface area contributed by atoms with E-state index >= 15 is 0 Å². The predicted octanol–water partition coefficient (Wildman–Crippen LogP) is 2.81. The molecular weight excluding hydrogens is 517 g/mol. The highest BCUT2D eigenvalue weighted by atomic mass is 19.4. The molecule has 0 aromatic heterocycles. The fraction of sp³-hybridized carbons (Fsp3) is 0.727. The molecule has 1 aromatic rings. The molecule has 0 heterocycles. The first-order valence-corrected chi connectivity index (χ1v) is 11.4. The number of hydrogen-bond acceptors (Lipinski definition) is 8. The van der Waals surface area contributed by atoms with Crippen LogP contribution in [0.3, 0.4) is 0 Å². The Morgan fingerprint density at radius 3 is 1.16 bits per heavy atom. The summed E-state index contributed by atoms with van der Waals surface area (Å²) >= 11 is 0. The quantitative estimate of drug-likeness (QED) is 0.132. The third-order valence-electron chi connectivity index (χ3n) is 4.48. The third-order valence-corrected chi connectivity index (χ3v) is 4.48. The highest BCUT2D eigenvalue weighted by molar-refractivity contribution is 6.61. The molecule has 0 saturated carbocycles. The van der Waals surface area contributed by atoms with Crippen LogP contribution < -0.4 is 5.46 Å². The van der Waals surface area contributed by atoms with Crippen LogP contribution in [0.25, 0.3) is 0 Å². The van der Waals surface area contributed by atoms with Gasteiger partial charge in [0.05, 0.1) is 90.4 Å². The van der Waals surface area contributed by atoms with E-state index in [-0.39, 0.29) is 58.9 Å². The van der Waals surface area contributed by atoms with E-state index in [4.69, 9.17) is 37.7 Å². The fourth-order valence-corrected chi connectivity index (χ4v) is 2.71. The Morgan fingerprint density at radius 1 is 0.514 bits per heavy atom. The monoisotopic (exact) mass is 550 g/mol. The van der Waals surface area contributed by atoms with E-state index in [1.165, 1.54) is 14.2 Å². The minimum absolute atomic E-state index is 0.00784. The molecule has 0 aliphatic heterocycles. The van der Waals surface area contributed by atoms with E-state index in [0.29, 0.717) is 38.6 Å². The zero-order valence-corrected chi connectivity index (χ0v) is 20.8. The normalized spacial score (nSPS) is 12.3. The summed E-state index contributed by atoms with van der Waals surface area (Å²) in [5.41, 5.74) is -3.38. The number of ether oxygens (including phenoxy) is 6. The second-order valence-corrected chi connectivity index (χ2v) is 7.35. The van der Waals surface area contributed by atoms with E-state index in [1.807, 2.05) is 0 Å². The zero-order valence-electron chi connectivity index (χ0n) is 20.8. The van der Waals surface area contributed by atoms with Crippen molar-refractivity contribution >= 4 is 12.6 Å². The topological polar surface area (TPSA) is 73.8 Å². The molecule has 0 saturated heterocycles. The summed E-state index contributed by atoms with van der Waals surface area (Å²) in [5.74, 6) is 0. The number of benzene rings is 1.